The lowest BCUT2D eigenvalue weighted by Crippen LogP contribution is -2.19. The van der Waals surface area contributed by atoms with Gasteiger partial charge < -0.3 is 20.4 Å². The molecule has 156 valence electrons. The largest absolute Gasteiger partial charge is 0.484 e. The maximum atomic E-state index is 12.3. The molecule has 4 nitrogen and oxygen atoms in total. The summed E-state index contributed by atoms with van der Waals surface area (Å²) in [6.45, 7) is 3.12. The highest BCUT2D eigenvalue weighted by Crippen LogP contribution is 2.23. The molecule has 0 saturated carbocycles. The maximum Gasteiger partial charge on any atom is 0.422 e. The number of hydrogen-bond donors (Lipinski definition) is 3. The number of rotatable bonds is 10. The van der Waals surface area contributed by atoms with Crippen LogP contribution in [0.15, 0.2) is 48.7 Å². The Hall–Kier alpha value is -2.67. The average Bonchev–Trinajstić information content (AvgIpc) is 3.10. The Morgan fingerprint density at radius 1 is 1.07 bits per heavy atom. The third-order valence-corrected chi connectivity index (χ3v) is 4.55. The van der Waals surface area contributed by atoms with E-state index in [2.05, 4.69) is 40.7 Å². The van der Waals surface area contributed by atoms with Gasteiger partial charge in [-0.15, -0.1) is 0 Å². The van der Waals surface area contributed by atoms with Gasteiger partial charge in [0.1, 0.15) is 5.75 Å². The van der Waals surface area contributed by atoms with Crippen LogP contribution in [0.5, 0.6) is 5.75 Å². The number of ether oxygens (including phenoxy) is 1. The number of benzene rings is 2. The number of aromatic nitrogens is 1. The summed E-state index contributed by atoms with van der Waals surface area (Å²) >= 11 is 0. The molecule has 3 rings (SSSR count). The van der Waals surface area contributed by atoms with Gasteiger partial charge in [0.05, 0.1) is 0 Å². The quantitative estimate of drug-likeness (QED) is 0.403. The van der Waals surface area contributed by atoms with Crippen molar-refractivity contribution in [2.45, 2.75) is 32.5 Å². The molecule has 0 fully saturated rings. The highest BCUT2D eigenvalue weighted by atomic mass is 19.4. The van der Waals surface area contributed by atoms with Gasteiger partial charge in [0.15, 0.2) is 6.61 Å². The van der Waals surface area contributed by atoms with Crippen molar-refractivity contribution in [3.05, 3.63) is 59.8 Å². The molecular weight excluding hydrogens is 379 g/mol. The van der Waals surface area contributed by atoms with E-state index >= 15 is 0 Å². The lowest BCUT2D eigenvalue weighted by atomic mass is 10.1. The first-order valence-electron chi connectivity index (χ1n) is 9.77. The average molecular weight is 405 g/mol. The molecular formula is C22H26F3N3O. The summed E-state index contributed by atoms with van der Waals surface area (Å²) in [5.74, 6) is 0.227. The van der Waals surface area contributed by atoms with E-state index in [0.29, 0.717) is 6.54 Å². The SMILES string of the molecule is CCCNc1ccc2[nH]cc(CCNCc3cccc(OCC(F)(F)F)c3)c2c1. The molecule has 0 spiro atoms. The van der Waals surface area contributed by atoms with E-state index in [1.165, 1.54) is 17.0 Å². The number of H-pyrrole nitrogens is 1. The van der Waals surface area contributed by atoms with Crippen LogP contribution in [0.4, 0.5) is 18.9 Å². The molecule has 3 aromatic rings. The number of hydrogen-bond acceptors (Lipinski definition) is 3. The van der Waals surface area contributed by atoms with Crippen LogP contribution in [0.3, 0.4) is 0 Å². The zero-order valence-corrected chi connectivity index (χ0v) is 16.4. The molecule has 0 aliphatic carbocycles. The van der Waals surface area contributed by atoms with Crippen molar-refractivity contribution in [1.29, 1.82) is 0 Å². The van der Waals surface area contributed by atoms with Gasteiger partial charge in [-0.1, -0.05) is 19.1 Å². The third kappa shape index (κ3) is 6.42. The number of halogens is 3. The van der Waals surface area contributed by atoms with E-state index in [1.54, 1.807) is 12.1 Å². The molecule has 0 bridgehead atoms. The predicted octanol–water partition coefficient (Wildman–Crippen LogP) is 5.26. The van der Waals surface area contributed by atoms with Crippen LogP contribution in [-0.2, 0) is 13.0 Å². The summed E-state index contributed by atoms with van der Waals surface area (Å²) < 4.78 is 41.6. The van der Waals surface area contributed by atoms with Crippen LogP contribution in [0, 0.1) is 0 Å². The topological polar surface area (TPSA) is 49.1 Å². The van der Waals surface area contributed by atoms with E-state index in [0.717, 1.165) is 42.7 Å². The van der Waals surface area contributed by atoms with Crippen molar-refractivity contribution < 1.29 is 17.9 Å². The molecule has 1 aromatic heterocycles. The Balaban J connectivity index is 1.51. The molecule has 0 unspecified atom stereocenters. The number of aromatic amines is 1. The Labute approximate surface area is 168 Å². The van der Waals surface area contributed by atoms with Crippen LogP contribution >= 0.6 is 0 Å². The van der Waals surface area contributed by atoms with Crippen molar-refractivity contribution in [2.75, 3.05) is 25.0 Å². The minimum absolute atomic E-state index is 0.227. The van der Waals surface area contributed by atoms with Crippen LogP contribution in [0.1, 0.15) is 24.5 Å². The van der Waals surface area contributed by atoms with E-state index in [9.17, 15) is 13.2 Å². The third-order valence-electron chi connectivity index (χ3n) is 4.55. The second-order valence-electron chi connectivity index (χ2n) is 6.98. The second kappa shape index (κ2) is 9.69. The molecule has 0 aliphatic rings. The first kappa shape index (κ1) is 21.0. The molecule has 2 aromatic carbocycles. The van der Waals surface area contributed by atoms with Crippen molar-refractivity contribution in [3.8, 4) is 5.75 Å². The molecule has 0 amide bonds. The lowest BCUT2D eigenvalue weighted by Gasteiger charge is -2.11. The smallest absolute Gasteiger partial charge is 0.422 e. The van der Waals surface area contributed by atoms with E-state index in [-0.39, 0.29) is 5.75 Å². The maximum absolute atomic E-state index is 12.3. The predicted molar refractivity (Wildman–Crippen MR) is 110 cm³/mol. The fourth-order valence-electron chi connectivity index (χ4n) is 3.13. The summed E-state index contributed by atoms with van der Waals surface area (Å²) in [6, 6.07) is 13.1. The molecule has 7 heteroatoms. The zero-order valence-electron chi connectivity index (χ0n) is 16.4. The van der Waals surface area contributed by atoms with Gasteiger partial charge in [-0.05, 0) is 60.8 Å². The van der Waals surface area contributed by atoms with Crippen molar-refractivity contribution in [3.63, 3.8) is 0 Å². The fraction of sp³-hybridized carbons (Fsp3) is 0.364. The highest BCUT2D eigenvalue weighted by Gasteiger charge is 2.28. The van der Waals surface area contributed by atoms with Gasteiger partial charge in [0.25, 0.3) is 0 Å². The summed E-state index contributed by atoms with van der Waals surface area (Å²) in [5.41, 5.74) is 4.34. The Morgan fingerprint density at radius 3 is 2.72 bits per heavy atom. The number of nitrogens with one attached hydrogen (secondary N) is 3. The summed E-state index contributed by atoms with van der Waals surface area (Å²) in [4.78, 5) is 3.30. The van der Waals surface area contributed by atoms with Gasteiger partial charge in [-0.25, -0.2) is 0 Å². The minimum atomic E-state index is -4.33. The van der Waals surface area contributed by atoms with Crippen molar-refractivity contribution >= 4 is 16.6 Å². The fourth-order valence-corrected chi connectivity index (χ4v) is 3.13. The minimum Gasteiger partial charge on any atom is -0.484 e. The number of fused-ring (bicyclic) bond motifs is 1. The Kier molecular flexibility index (Phi) is 7.04. The normalized spacial score (nSPS) is 11.7. The van der Waals surface area contributed by atoms with Crippen LogP contribution < -0.4 is 15.4 Å². The van der Waals surface area contributed by atoms with Gasteiger partial charge in [0.2, 0.25) is 0 Å². The van der Waals surface area contributed by atoms with Crippen molar-refractivity contribution in [2.24, 2.45) is 0 Å². The summed E-state index contributed by atoms with van der Waals surface area (Å²) in [7, 11) is 0. The molecule has 0 radical (unpaired) electrons. The van der Waals surface area contributed by atoms with Gasteiger partial charge in [-0.2, -0.15) is 13.2 Å². The van der Waals surface area contributed by atoms with E-state index in [1.807, 2.05) is 12.3 Å². The second-order valence-corrected chi connectivity index (χ2v) is 6.98. The molecule has 29 heavy (non-hydrogen) atoms. The molecule has 3 N–H and O–H groups in total. The molecule has 1 heterocycles. The van der Waals surface area contributed by atoms with Crippen LogP contribution in [-0.4, -0.2) is 30.9 Å². The molecule has 0 aliphatic heterocycles. The first-order valence-corrected chi connectivity index (χ1v) is 9.77. The Morgan fingerprint density at radius 2 is 1.93 bits per heavy atom. The first-order chi connectivity index (χ1) is 13.9. The van der Waals surface area contributed by atoms with Gasteiger partial charge >= 0.3 is 6.18 Å². The lowest BCUT2D eigenvalue weighted by molar-refractivity contribution is -0.153. The zero-order chi connectivity index (χ0) is 20.7. The highest BCUT2D eigenvalue weighted by molar-refractivity contribution is 5.86. The van der Waals surface area contributed by atoms with E-state index in [4.69, 9.17) is 4.74 Å². The summed E-state index contributed by atoms with van der Waals surface area (Å²) in [5, 5.41) is 7.96. The number of alkyl halides is 3. The van der Waals surface area contributed by atoms with Crippen LogP contribution in [0.2, 0.25) is 0 Å². The van der Waals surface area contributed by atoms with Crippen LogP contribution in [0.25, 0.3) is 10.9 Å². The molecule has 0 saturated heterocycles. The monoisotopic (exact) mass is 405 g/mol. The van der Waals surface area contributed by atoms with Gasteiger partial charge in [0, 0.05) is 35.9 Å². The summed E-state index contributed by atoms with van der Waals surface area (Å²) in [6.07, 6.45) is -0.382. The molecule has 0 atom stereocenters. The van der Waals surface area contributed by atoms with Gasteiger partial charge in [-0.3, -0.25) is 0 Å². The standard InChI is InChI=1S/C22H26F3N3O/c1-2-9-27-18-6-7-21-20(12-18)17(14-28-21)8-10-26-13-16-4-3-5-19(11-16)29-15-22(23,24)25/h3-7,11-12,14,26-28H,2,8-10,13,15H2,1H3. The number of anilines is 1. The van der Waals surface area contributed by atoms with Crippen molar-refractivity contribution in [1.82, 2.24) is 10.3 Å². The van der Waals surface area contributed by atoms with E-state index < -0.39 is 12.8 Å². The Bertz CT molecular complexity index is 921.